The van der Waals surface area contributed by atoms with E-state index in [0.717, 1.165) is 17.5 Å². The first-order valence-corrected chi connectivity index (χ1v) is 10.5. The van der Waals surface area contributed by atoms with Crippen molar-refractivity contribution >= 4 is 11.7 Å². The number of nitrogens with one attached hydrogen (secondary N) is 3. The van der Waals surface area contributed by atoms with E-state index in [1.807, 2.05) is 54.6 Å². The summed E-state index contributed by atoms with van der Waals surface area (Å²) >= 11 is 0. The lowest BCUT2D eigenvalue weighted by Gasteiger charge is -2.14. The van der Waals surface area contributed by atoms with Crippen molar-refractivity contribution in [3.63, 3.8) is 0 Å². The number of hydrogen-bond acceptors (Lipinski definition) is 5. The van der Waals surface area contributed by atoms with Crippen molar-refractivity contribution in [3.8, 4) is 5.75 Å². The van der Waals surface area contributed by atoms with Gasteiger partial charge >= 0.3 is 6.03 Å². The predicted molar refractivity (Wildman–Crippen MR) is 124 cm³/mol. The van der Waals surface area contributed by atoms with Gasteiger partial charge in [-0.2, -0.15) is 0 Å². The minimum Gasteiger partial charge on any atom is -0.508 e. The van der Waals surface area contributed by atoms with Gasteiger partial charge in [0.05, 0.1) is 12.7 Å². The molecule has 1 atom stereocenters. The maximum absolute atomic E-state index is 12.1. The van der Waals surface area contributed by atoms with Crippen molar-refractivity contribution in [2.45, 2.75) is 25.7 Å². The molecule has 3 aromatic carbocycles. The number of benzene rings is 3. The minimum atomic E-state index is -0.748. The zero-order valence-corrected chi connectivity index (χ0v) is 17.8. The first kappa shape index (κ1) is 23.3. The molecule has 0 aromatic heterocycles. The second-order valence-electron chi connectivity index (χ2n) is 7.51. The summed E-state index contributed by atoms with van der Waals surface area (Å²) in [5.74, 6) is 0.0126. The second-order valence-corrected chi connectivity index (χ2v) is 7.51. The van der Waals surface area contributed by atoms with Crippen molar-refractivity contribution in [3.05, 3.63) is 95.1 Å². The number of rotatable bonds is 10. The highest BCUT2D eigenvalue weighted by Crippen LogP contribution is 2.22. The van der Waals surface area contributed by atoms with Gasteiger partial charge in [0.1, 0.15) is 5.75 Å². The molecule has 0 heterocycles. The van der Waals surface area contributed by atoms with Crippen LogP contribution in [0.5, 0.6) is 5.75 Å². The van der Waals surface area contributed by atoms with Crippen LogP contribution in [0.25, 0.3) is 0 Å². The largest absolute Gasteiger partial charge is 0.508 e. The fourth-order valence-electron chi connectivity index (χ4n) is 3.29. The fourth-order valence-corrected chi connectivity index (χ4v) is 3.29. The summed E-state index contributed by atoms with van der Waals surface area (Å²) in [5.41, 5.74) is 3.82. The van der Waals surface area contributed by atoms with Crippen LogP contribution in [0.1, 0.15) is 28.4 Å². The van der Waals surface area contributed by atoms with Crippen LogP contribution >= 0.6 is 0 Å². The van der Waals surface area contributed by atoms with Gasteiger partial charge in [-0.1, -0.05) is 48.5 Å². The van der Waals surface area contributed by atoms with Crippen LogP contribution in [0.2, 0.25) is 0 Å². The number of carbonyl (C=O) groups excluding carboxylic acids is 1. The van der Waals surface area contributed by atoms with E-state index in [0.29, 0.717) is 36.4 Å². The number of carbonyl (C=O) groups is 1. The molecule has 0 unspecified atom stereocenters. The molecule has 0 aliphatic heterocycles. The van der Waals surface area contributed by atoms with Crippen LogP contribution in [0, 0.1) is 0 Å². The molecule has 0 radical (unpaired) electrons. The van der Waals surface area contributed by atoms with Gasteiger partial charge in [-0.25, -0.2) is 4.79 Å². The molecule has 0 aliphatic carbocycles. The average Bonchev–Trinajstić information content (AvgIpc) is 2.81. The SMILES string of the molecule is O=C(NCc1ccccc1)Nc1cccc(CCNC[C@@H](O)c2ccc(O)c(CO)c2)c1. The van der Waals surface area contributed by atoms with Gasteiger partial charge in [0.25, 0.3) is 0 Å². The number of urea groups is 1. The number of aromatic hydroxyl groups is 1. The lowest BCUT2D eigenvalue weighted by Crippen LogP contribution is -2.28. The van der Waals surface area contributed by atoms with Gasteiger partial charge in [-0.05, 0) is 53.9 Å². The molecule has 0 saturated heterocycles. The Morgan fingerprint density at radius 2 is 1.72 bits per heavy atom. The Balaban J connectivity index is 1.42. The van der Waals surface area contributed by atoms with Crippen LogP contribution < -0.4 is 16.0 Å². The van der Waals surface area contributed by atoms with Gasteiger partial charge < -0.3 is 31.3 Å². The van der Waals surface area contributed by atoms with E-state index in [4.69, 9.17) is 0 Å². The molecular formula is C25H29N3O4. The molecular weight excluding hydrogens is 406 g/mol. The molecule has 0 fully saturated rings. The fraction of sp³-hybridized carbons (Fsp3) is 0.240. The Morgan fingerprint density at radius 1 is 0.938 bits per heavy atom. The summed E-state index contributed by atoms with van der Waals surface area (Å²) in [4.78, 5) is 12.1. The molecule has 32 heavy (non-hydrogen) atoms. The summed E-state index contributed by atoms with van der Waals surface area (Å²) in [6.07, 6.45) is -0.0204. The molecule has 0 aliphatic rings. The Kier molecular flexibility index (Phi) is 8.62. The third kappa shape index (κ3) is 7.09. The Hall–Kier alpha value is -3.39. The van der Waals surface area contributed by atoms with Crippen LogP contribution in [-0.4, -0.2) is 34.4 Å². The number of phenols is 1. The van der Waals surface area contributed by atoms with Crippen LogP contribution in [0.15, 0.2) is 72.8 Å². The Bertz CT molecular complexity index is 1010. The van der Waals surface area contributed by atoms with E-state index in [2.05, 4.69) is 16.0 Å². The summed E-state index contributed by atoms with van der Waals surface area (Å²) in [7, 11) is 0. The van der Waals surface area contributed by atoms with Gasteiger partial charge in [0.15, 0.2) is 0 Å². The molecule has 6 N–H and O–H groups in total. The van der Waals surface area contributed by atoms with Crippen molar-refractivity contribution in [1.82, 2.24) is 10.6 Å². The van der Waals surface area contributed by atoms with E-state index in [1.165, 1.54) is 6.07 Å². The summed E-state index contributed by atoms with van der Waals surface area (Å²) < 4.78 is 0. The highest BCUT2D eigenvalue weighted by atomic mass is 16.3. The van der Waals surface area contributed by atoms with Crippen molar-refractivity contribution in [2.75, 3.05) is 18.4 Å². The van der Waals surface area contributed by atoms with Crippen LogP contribution in [0.3, 0.4) is 0 Å². The minimum absolute atomic E-state index is 0.0126. The zero-order chi connectivity index (χ0) is 22.8. The van der Waals surface area contributed by atoms with Crippen molar-refractivity contribution in [2.24, 2.45) is 0 Å². The van der Waals surface area contributed by atoms with Gasteiger partial charge in [0, 0.05) is 24.3 Å². The average molecular weight is 436 g/mol. The van der Waals surface area contributed by atoms with E-state index >= 15 is 0 Å². The highest BCUT2D eigenvalue weighted by molar-refractivity contribution is 5.89. The summed E-state index contributed by atoms with van der Waals surface area (Å²) in [6.45, 7) is 1.16. The van der Waals surface area contributed by atoms with Crippen molar-refractivity contribution in [1.29, 1.82) is 0 Å². The lowest BCUT2D eigenvalue weighted by molar-refractivity contribution is 0.174. The number of hydrogen-bond donors (Lipinski definition) is 6. The summed E-state index contributed by atoms with van der Waals surface area (Å²) in [5, 5.41) is 38.1. The highest BCUT2D eigenvalue weighted by Gasteiger charge is 2.10. The van der Waals surface area contributed by atoms with Gasteiger partial charge in [-0.15, -0.1) is 0 Å². The third-order valence-electron chi connectivity index (χ3n) is 5.07. The predicted octanol–water partition coefficient (Wildman–Crippen LogP) is 3.07. The number of amides is 2. The number of anilines is 1. The number of aliphatic hydroxyl groups excluding tert-OH is 2. The van der Waals surface area contributed by atoms with Crippen LogP contribution in [-0.2, 0) is 19.6 Å². The van der Waals surface area contributed by atoms with E-state index in [9.17, 15) is 20.1 Å². The zero-order valence-electron chi connectivity index (χ0n) is 17.8. The smallest absolute Gasteiger partial charge is 0.319 e. The molecule has 7 heteroatoms. The van der Waals surface area contributed by atoms with Crippen molar-refractivity contribution < 1.29 is 20.1 Å². The monoisotopic (exact) mass is 435 g/mol. The third-order valence-corrected chi connectivity index (χ3v) is 5.07. The molecule has 2 amide bonds. The normalized spacial score (nSPS) is 11.7. The standard InChI is InChI=1S/C25H29N3O4/c29-17-21-14-20(9-10-23(21)30)24(31)16-26-12-11-18-7-4-8-22(13-18)28-25(32)27-15-19-5-2-1-3-6-19/h1-10,13-14,24,26,29-31H,11-12,15-17H2,(H2,27,28,32)/t24-/m1/s1. The Labute approximate surface area is 187 Å². The summed E-state index contributed by atoms with van der Waals surface area (Å²) in [6, 6.07) is 21.8. The molecule has 168 valence electrons. The quantitative estimate of drug-likeness (QED) is 0.274. The van der Waals surface area contributed by atoms with E-state index in [1.54, 1.807) is 12.1 Å². The first-order chi connectivity index (χ1) is 15.5. The molecule has 0 spiro atoms. The molecule has 0 saturated carbocycles. The van der Waals surface area contributed by atoms with E-state index in [-0.39, 0.29) is 18.4 Å². The topological polar surface area (TPSA) is 114 Å². The first-order valence-electron chi connectivity index (χ1n) is 10.5. The molecule has 7 nitrogen and oxygen atoms in total. The molecule has 0 bridgehead atoms. The maximum Gasteiger partial charge on any atom is 0.319 e. The maximum atomic E-state index is 12.1. The molecule has 3 aromatic rings. The lowest BCUT2D eigenvalue weighted by atomic mass is 10.1. The molecule has 3 rings (SSSR count). The second kappa shape index (κ2) is 11.9. The van der Waals surface area contributed by atoms with Gasteiger partial charge in [0.2, 0.25) is 0 Å². The van der Waals surface area contributed by atoms with E-state index < -0.39 is 6.10 Å². The van der Waals surface area contributed by atoms with Crippen LogP contribution in [0.4, 0.5) is 10.5 Å². The Morgan fingerprint density at radius 3 is 2.50 bits per heavy atom. The van der Waals surface area contributed by atoms with Gasteiger partial charge in [-0.3, -0.25) is 0 Å². The number of aliphatic hydroxyl groups is 2.